The van der Waals surface area contributed by atoms with Crippen LogP contribution in [0.15, 0.2) is 158 Å². The molecule has 2 heterocycles. The highest BCUT2D eigenvalue weighted by atomic mass is 15.0. The van der Waals surface area contributed by atoms with Crippen LogP contribution in [0.4, 0.5) is 0 Å². The Morgan fingerprint density at radius 3 is 1.10 bits per heavy atom. The minimum absolute atomic E-state index is 0.122. The average molecular weight is 801 g/mol. The lowest BCUT2D eigenvalue weighted by molar-refractivity contribution is 0.590. The Morgan fingerprint density at radius 1 is 0.355 bits per heavy atom. The zero-order valence-electron chi connectivity index (χ0n) is 36.7. The molecule has 0 N–H and O–H groups in total. The molecule has 2 aromatic heterocycles. The minimum atomic E-state index is 0.122. The Labute approximate surface area is 365 Å². The fourth-order valence-corrected chi connectivity index (χ4v) is 11.0. The van der Waals surface area contributed by atoms with Gasteiger partial charge in [-0.1, -0.05) is 139 Å². The molecule has 0 saturated heterocycles. The van der Waals surface area contributed by atoms with Crippen LogP contribution in [0.3, 0.4) is 0 Å². The van der Waals surface area contributed by atoms with Crippen LogP contribution >= 0.6 is 0 Å². The number of nitrogens with zero attached hydrogens (tertiary/aromatic N) is 2. The Bertz CT molecular complexity index is 3180. The van der Waals surface area contributed by atoms with E-state index in [-0.39, 0.29) is 10.8 Å². The smallest absolute Gasteiger partial charge is 0.0579 e. The highest BCUT2D eigenvalue weighted by Crippen LogP contribution is 2.51. The predicted molar refractivity (Wildman–Crippen MR) is 264 cm³/mol. The lowest BCUT2D eigenvalue weighted by Crippen LogP contribution is -2.16. The van der Waals surface area contributed by atoms with Crippen molar-refractivity contribution in [3.8, 4) is 44.8 Å². The van der Waals surface area contributed by atoms with E-state index < -0.39 is 0 Å². The summed E-state index contributed by atoms with van der Waals surface area (Å²) in [5.74, 6) is 0. The summed E-state index contributed by atoms with van der Waals surface area (Å²) in [7, 11) is 0. The van der Waals surface area contributed by atoms with Crippen molar-refractivity contribution in [1.82, 2.24) is 9.13 Å². The van der Waals surface area contributed by atoms with Gasteiger partial charge in [0.15, 0.2) is 0 Å². The third-order valence-corrected chi connectivity index (χ3v) is 14.2. The molecule has 10 aromatic rings. The fourth-order valence-electron chi connectivity index (χ4n) is 11.0. The second-order valence-electron chi connectivity index (χ2n) is 20.0. The molecule has 0 amide bonds. The number of benzene rings is 8. The molecular formula is C60H52N2. The van der Waals surface area contributed by atoms with Gasteiger partial charge in [0.1, 0.15) is 0 Å². The van der Waals surface area contributed by atoms with E-state index in [0.717, 1.165) is 25.7 Å². The van der Waals surface area contributed by atoms with Crippen LogP contribution in [0.2, 0.25) is 0 Å². The molecule has 0 spiro atoms. The third kappa shape index (κ3) is 5.62. The molecule has 0 unspecified atom stereocenters. The number of aromatic nitrogens is 2. The van der Waals surface area contributed by atoms with Crippen molar-refractivity contribution in [1.29, 1.82) is 0 Å². The summed E-state index contributed by atoms with van der Waals surface area (Å²) < 4.78 is 5.14. The fraction of sp³-hybridized carbons (Fsp3) is 0.200. The van der Waals surface area contributed by atoms with Gasteiger partial charge in [-0.15, -0.1) is 0 Å². The summed E-state index contributed by atoms with van der Waals surface area (Å²) in [6.07, 6.45) is 4.09. The standard InChI is InChI=1S/C60H52N2/c1-59(2,3)43-25-17-37(18-26-43)39-23-31-53-49(33-39)51-35-41-21-30-48-56-42(22-29-47(55(41)56)57(51)61(53)45-13-9-7-10-14-45)36-52-50-34-40(38-19-27-44(28-20-38)60(4,5)6)24-32-54(50)62(58(48)52)46-15-11-8-12-16-46/h7-20,23-28,31-36H,21-22,29-30H2,1-6H3. The Hall–Kier alpha value is -6.64. The molecule has 0 aliphatic heterocycles. The van der Waals surface area contributed by atoms with E-state index in [0.29, 0.717) is 0 Å². The first kappa shape index (κ1) is 37.1. The summed E-state index contributed by atoms with van der Waals surface area (Å²) in [4.78, 5) is 0. The highest BCUT2D eigenvalue weighted by Gasteiger charge is 2.33. The molecule has 0 atom stereocenters. The number of para-hydroxylation sites is 2. The van der Waals surface area contributed by atoms with Gasteiger partial charge in [-0.25, -0.2) is 0 Å². The van der Waals surface area contributed by atoms with E-state index in [2.05, 4.69) is 208 Å². The molecule has 2 aliphatic rings. The predicted octanol–water partition coefficient (Wildman–Crippen LogP) is 15.7. The van der Waals surface area contributed by atoms with Crippen molar-refractivity contribution in [3.05, 3.63) is 191 Å². The lowest BCUT2D eigenvalue weighted by Gasteiger charge is -2.31. The van der Waals surface area contributed by atoms with E-state index in [1.165, 1.54) is 122 Å². The minimum Gasteiger partial charge on any atom is -0.309 e. The molecule has 0 saturated carbocycles. The summed E-state index contributed by atoms with van der Waals surface area (Å²) in [5.41, 5.74) is 24.7. The number of hydrogen-bond acceptors (Lipinski definition) is 0. The van der Waals surface area contributed by atoms with Crippen LogP contribution in [0, 0.1) is 0 Å². The molecule has 2 nitrogen and oxygen atoms in total. The summed E-state index contributed by atoms with van der Waals surface area (Å²) in [6, 6.07) is 60.1. The largest absolute Gasteiger partial charge is 0.309 e. The van der Waals surface area contributed by atoms with E-state index in [1.54, 1.807) is 0 Å². The molecule has 0 bridgehead atoms. The number of aryl methyl sites for hydroxylation is 4. The molecule has 0 fully saturated rings. The van der Waals surface area contributed by atoms with E-state index in [4.69, 9.17) is 0 Å². The summed E-state index contributed by atoms with van der Waals surface area (Å²) in [5, 5.41) is 5.42. The Balaban J connectivity index is 1.10. The van der Waals surface area contributed by atoms with Gasteiger partial charge >= 0.3 is 0 Å². The molecule has 302 valence electrons. The van der Waals surface area contributed by atoms with E-state index in [9.17, 15) is 0 Å². The SMILES string of the molecule is CC(C)(C)c1ccc(-c2ccc3c(c2)c2cc4c5c(c2n3-c2ccccc2)CCc2cc3c6cc(-c7ccc(C(C)(C)C)cc7)ccc6n(-c6ccccc6)c3c(c2-5)CC4)cc1. The normalized spacial score (nSPS) is 13.7. The maximum absolute atomic E-state index is 2.58. The maximum atomic E-state index is 2.58. The Kier molecular flexibility index (Phi) is 8.05. The monoisotopic (exact) mass is 800 g/mol. The van der Waals surface area contributed by atoms with Gasteiger partial charge in [0, 0.05) is 32.9 Å². The van der Waals surface area contributed by atoms with Gasteiger partial charge in [-0.3, -0.25) is 0 Å². The number of rotatable bonds is 4. The molecule has 2 aliphatic carbocycles. The molecular weight excluding hydrogens is 749 g/mol. The van der Waals surface area contributed by atoms with Crippen molar-refractivity contribution >= 4 is 43.6 Å². The van der Waals surface area contributed by atoms with Crippen molar-refractivity contribution in [3.63, 3.8) is 0 Å². The van der Waals surface area contributed by atoms with E-state index >= 15 is 0 Å². The molecule has 2 heteroatoms. The second-order valence-corrected chi connectivity index (χ2v) is 20.0. The first-order chi connectivity index (χ1) is 30.0. The van der Waals surface area contributed by atoms with Crippen LogP contribution in [0.25, 0.3) is 88.4 Å². The first-order valence-corrected chi connectivity index (χ1v) is 22.6. The van der Waals surface area contributed by atoms with Gasteiger partial charge < -0.3 is 9.13 Å². The maximum Gasteiger partial charge on any atom is 0.0579 e. The second kappa shape index (κ2) is 13.4. The number of hydrogen-bond donors (Lipinski definition) is 0. The van der Waals surface area contributed by atoms with Gasteiger partial charge in [0.25, 0.3) is 0 Å². The van der Waals surface area contributed by atoms with Gasteiger partial charge in [-0.05, 0) is 164 Å². The first-order valence-electron chi connectivity index (χ1n) is 22.6. The summed E-state index contributed by atoms with van der Waals surface area (Å²) >= 11 is 0. The topological polar surface area (TPSA) is 9.86 Å². The average Bonchev–Trinajstić information content (AvgIpc) is 3.80. The summed E-state index contributed by atoms with van der Waals surface area (Å²) in [6.45, 7) is 13.7. The molecule has 8 aromatic carbocycles. The quantitative estimate of drug-likeness (QED) is 0.168. The molecule has 62 heavy (non-hydrogen) atoms. The van der Waals surface area contributed by atoms with Crippen molar-refractivity contribution in [2.24, 2.45) is 0 Å². The van der Waals surface area contributed by atoms with Crippen molar-refractivity contribution in [2.45, 2.75) is 78.1 Å². The zero-order valence-corrected chi connectivity index (χ0v) is 36.7. The van der Waals surface area contributed by atoms with Crippen molar-refractivity contribution < 1.29 is 0 Å². The van der Waals surface area contributed by atoms with Crippen molar-refractivity contribution in [2.75, 3.05) is 0 Å². The highest BCUT2D eigenvalue weighted by molar-refractivity contribution is 6.17. The Morgan fingerprint density at radius 2 is 0.726 bits per heavy atom. The van der Waals surface area contributed by atoms with Crippen LogP contribution in [-0.4, -0.2) is 9.13 Å². The van der Waals surface area contributed by atoms with Gasteiger partial charge in [0.05, 0.1) is 22.1 Å². The van der Waals surface area contributed by atoms with Gasteiger partial charge in [0.2, 0.25) is 0 Å². The lowest BCUT2D eigenvalue weighted by atomic mass is 9.74. The molecule has 12 rings (SSSR count). The van der Waals surface area contributed by atoms with Crippen LogP contribution in [-0.2, 0) is 36.5 Å². The van der Waals surface area contributed by atoms with Crippen LogP contribution < -0.4 is 0 Å². The number of fused-ring (bicyclic) bond motifs is 8. The molecule has 0 radical (unpaired) electrons. The van der Waals surface area contributed by atoms with Gasteiger partial charge in [-0.2, -0.15) is 0 Å². The van der Waals surface area contributed by atoms with Crippen LogP contribution in [0.5, 0.6) is 0 Å². The third-order valence-electron chi connectivity index (χ3n) is 14.2. The van der Waals surface area contributed by atoms with Crippen LogP contribution in [0.1, 0.15) is 74.9 Å². The van der Waals surface area contributed by atoms with E-state index in [1.807, 2.05) is 0 Å². The zero-order chi connectivity index (χ0) is 42.1.